The van der Waals surface area contributed by atoms with E-state index in [2.05, 4.69) is 17.2 Å². The maximum Gasteiger partial charge on any atom is 0.274 e. The van der Waals surface area contributed by atoms with Crippen LogP contribution in [0.2, 0.25) is 0 Å². The van der Waals surface area contributed by atoms with Gasteiger partial charge in [-0.1, -0.05) is 13.3 Å². The summed E-state index contributed by atoms with van der Waals surface area (Å²) in [5.41, 5.74) is 0.0881. The van der Waals surface area contributed by atoms with Crippen molar-refractivity contribution in [3.8, 4) is 0 Å². The third-order valence-corrected chi connectivity index (χ3v) is 4.45. The molecule has 1 aromatic rings. The second kappa shape index (κ2) is 6.04. The highest BCUT2D eigenvalue weighted by molar-refractivity contribution is 7.99. The highest BCUT2D eigenvalue weighted by Gasteiger charge is 2.27. The Hall–Kier alpha value is -1.30. The lowest BCUT2D eigenvalue weighted by atomic mass is 10.2. The van der Waals surface area contributed by atoms with Crippen LogP contribution >= 0.6 is 11.8 Å². The number of nitrogens with zero attached hydrogens (tertiary/aromatic N) is 2. The zero-order chi connectivity index (χ0) is 13.0. The molecule has 5 nitrogen and oxygen atoms in total. The molecule has 0 spiro atoms. The fourth-order valence-electron chi connectivity index (χ4n) is 2.31. The average Bonchev–Trinajstić information content (AvgIpc) is 2.77. The van der Waals surface area contributed by atoms with Gasteiger partial charge in [0.1, 0.15) is 5.82 Å². The number of nitrogens with one attached hydrogen (secondary N) is 1. The van der Waals surface area contributed by atoms with E-state index in [1.807, 2.05) is 11.8 Å². The monoisotopic (exact) mass is 267 g/mol. The summed E-state index contributed by atoms with van der Waals surface area (Å²) in [6.07, 6.45) is 5.02. The predicted molar refractivity (Wildman–Crippen MR) is 74.1 cm³/mol. The Morgan fingerprint density at radius 1 is 1.61 bits per heavy atom. The van der Waals surface area contributed by atoms with Gasteiger partial charge in [-0.2, -0.15) is 11.8 Å². The molecule has 2 unspecified atom stereocenters. The van der Waals surface area contributed by atoms with Crippen LogP contribution in [0.15, 0.2) is 18.3 Å². The molecule has 0 aromatic carbocycles. The quantitative estimate of drug-likeness (QED) is 0.656. The van der Waals surface area contributed by atoms with Crippen molar-refractivity contribution >= 4 is 23.3 Å². The van der Waals surface area contributed by atoms with E-state index in [-0.39, 0.29) is 10.6 Å². The number of hydrogen-bond donors (Lipinski definition) is 1. The van der Waals surface area contributed by atoms with E-state index >= 15 is 0 Å². The molecule has 0 aliphatic heterocycles. The summed E-state index contributed by atoms with van der Waals surface area (Å²) in [7, 11) is 0. The van der Waals surface area contributed by atoms with Crippen LogP contribution in [-0.2, 0) is 0 Å². The standard InChI is InChI=1S/C12H17N3O2S/c1-2-18-11-5-3-4-10(11)14-12-8-9(15(16)17)6-7-13-12/h6-8,10-11H,2-5H2,1H3,(H,13,14). The second-order valence-electron chi connectivity index (χ2n) is 4.33. The van der Waals surface area contributed by atoms with E-state index in [9.17, 15) is 10.1 Å². The minimum Gasteiger partial charge on any atom is -0.366 e. The van der Waals surface area contributed by atoms with Crippen LogP contribution in [0.3, 0.4) is 0 Å². The van der Waals surface area contributed by atoms with Gasteiger partial charge in [0.15, 0.2) is 0 Å². The largest absolute Gasteiger partial charge is 0.366 e. The van der Waals surface area contributed by atoms with Crippen molar-refractivity contribution in [2.45, 2.75) is 37.5 Å². The van der Waals surface area contributed by atoms with Crippen LogP contribution < -0.4 is 5.32 Å². The molecule has 2 atom stereocenters. The number of nitro groups is 1. The summed E-state index contributed by atoms with van der Waals surface area (Å²) in [6, 6.07) is 3.30. The smallest absolute Gasteiger partial charge is 0.274 e. The maximum absolute atomic E-state index is 10.7. The first-order valence-corrected chi connectivity index (χ1v) is 7.24. The van der Waals surface area contributed by atoms with Crippen LogP contribution in [0.1, 0.15) is 26.2 Å². The van der Waals surface area contributed by atoms with Crippen LogP contribution in [-0.4, -0.2) is 27.0 Å². The van der Waals surface area contributed by atoms with Crippen molar-refractivity contribution in [2.75, 3.05) is 11.1 Å². The van der Waals surface area contributed by atoms with Crippen LogP contribution in [0, 0.1) is 10.1 Å². The number of thioether (sulfide) groups is 1. The Kier molecular flexibility index (Phi) is 4.41. The molecule has 1 fully saturated rings. The highest BCUT2D eigenvalue weighted by atomic mass is 32.2. The summed E-state index contributed by atoms with van der Waals surface area (Å²) in [4.78, 5) is 14.5. The highest BCUT2D eigenvalue weighted by Crippen LogP contribution is 2.32. The molecule has 0 bridgehead atoms. The lowest BCUT2D eigenvalue weighted by molar-refractivity contribution is -0.384. The van der Waals surface area contributed by atoms with Gasteiger partial charge in [0.2, 0.25) is 0 Å². The SMILES string of the molecule is CCSC1CCCC1Nc1cc([N+](=O)[O-])ccn1. The van der Waals surface area contributed by atoms with Gasteiger partial charge in [0, 0.05) is 23.6 Å². The molecule has 2 rings (SSSR count). The molecule has 0 radical (unpaired) electrons. The molecule has 1 aliphatic rings. The van der Waals surface area contributed by atoms with E-state index in [0.29, 0.717) is 17.1 Å². The first-order valence-electron chi connectivity index (χ1n) is 6.19. The van der Waals surface area contributed by atoms with Gasteiger partial charge in [-0.05, 0) is 18.6 Å². The van der Waals surface area contributed by atoms with Crippen molar-refractivity contribution in [1.29, 1.82) is 0 Å². The number of pyridine rings is 1. The Balaban J connectivity index is 2.04. The third kappa shape index (κ3) is 3.13. The fraction of sp³-hybridized carbons (Fsp3) is 0.583. The first kappa shape index (κ1) is 13.1. The van der Waals surface area contributed by atoms with Gasteiger partial charge in [-0.15, -0.1) is 0 Å². The number of hydrogen-bond acceptors (Lipinski definition) is 5. The van der Waals surface area contributed by atoms with Crippen molar-refractivity contribution < 1.29 is 4.92 Å². The molecule has 1 aromatic heterocycles. The summed E-state index contributed by atoms with van der Waals surface area (Å²) in [6.45, 7) is 2.16. The normalized spacial score (nSPS) is 22.9. The van der Waals surface area contributed by atoms with Gasteiger partial charge >= 0.3 is 0 Å². The summed E-state index contributed by atoms with van der Waals surface area (Å²) in [5.74, 6) is 1.71. The summed E-state index contributed by atoms with van der Waals surface area (Å²) in [5, 5.41) is 14.6. The van der Waals surface area contributed by atoms with Crippen molar-refractivity contribution in [3.05, 3.63) is 28.4 Å². The number of rotatable bonds is 5. The summed E-state index contributed by atoms with van der Waals surface area (Å²) < 4.78 is 0. The molecule has 1 N–H and O–H groups in total. The lowest BCUT2D eigenvalue weighted by Crippen LogP contribution is -2.26. The van der Waals surface area contributed by atoms with Gasteiger partial charge in [-0.3, -0.25) is 10.1 Å². The van der Waals surface area contributed by atoms with Crippen LogP contribution in [0.5, 0.6) is 0 Å². The van der Waals surface area contributed by atoms with Crippen LogP contribution in [0.4, 0.5) is 11.5 Å². The molecule has 1 heterocycles. The topological polar surface area (TPSA) is 68.1 Å². The van der Waals surface area contributed by atoms with Crippen molar-refractivity contribution in [3.63, 3.8) is 0 Å². The molecular weight excluding hydrogens is 250 g/mol. The minimum absolute atomic E-state index is 0.0881. The molecule has 18 heavy (non-hydrogen) atoms. The van der Waals surface area contributed by atoms with Gasteiger partial charge in [0.25, 0.3) is 5.69 Å². The van der Waals surface area contributed by atoms with E-state index in [4.69, 9.17) is 0 Å². The average molecular weight is 267 g/mol. The molecule has 0 amide bonds. The molecule has 6 heteroatoms. The first-order chi connectivity index (χ1) is 8.70. The van der Waals surface area contributed by atoms with E-state index in [1.54, 1.807) is 0 Å². The number of anilines is 1. The van der Waals surface area contributed by atoms with Crippen molar-refractivity contribution in [1.82, 2.24) is 4.98 Å². The molecule has 1 saturated carbocycles. The van der Waals surface area contributed by atoms with Crippen LogP contribution in [0.25, 0.3) is 0 Å². The predicted octanol–water partition coefficient (Wildman–Crippen LogP) is 3.08. The summed E-state index contributed by atoms with van der Waals surface area (Å²) >= 11 is 1.95. The Morgan fingerprint density at radius 2 is 2.44 bits per heavy atom. The molecular formula is C12H17N3O2S. The minimum atomic E-state index is -0.389. The Morgan fingerprint density at radius 3 is 3.17 bits per heavy atom. The van der Waals surface area contributed by atoms with Gasteiger partial charge in [0.05, 0.1) is 11.0 Å². The van der Waals surface area contributed by atoms with Crippen molar-refractivity contribution in [2.24, 2.45) is 0 Å². The van der Waals surface area contributed by atoms with E-state index in [0.717, 1.165) is 12.2 Å². The molecule has 0 saturated heterocycles. The zero-order valence-electron chi connectivity index (χ0n) is 10.3. The maximum atomic E-state index is 10.7. The Labute approximate surface area is 111 Å². The number of aromatic nitrogens is 1. The zero-order valence-corrected chi connectivity index (χ0v) is 11.2. The van der Waals surface area contributed by atoms with Gasteiger partial charge in [-0.25, -0.2) is 4.98 Å². The fourth-order valence-corrected chi connectivity index (χ4v) is 3.50. The second-order valence-corrected chi connectivity index (χ2v) is 5.85. The third-order valence-electron chi connectivity index (χ3n) is 3.12. The van der Waals surface area contributed by atoms with Gasteiger partial charge < -0.3 is 5.32 Å². The molecule has 1 aliphatic carbocycles. The Bertz CT molecular complexity index is 428. The van der Waals surface area contributed by atoms with E-state index in [1.165, 1.54) is 31.2 Å². The lowest BCUT2D eigenvalue weighted by Gasteiger charge is -2.20. The molecule has 98 valence electrons. The van der Waals surface area contributed by atoms with E-state index < -0.39 is 0 Å².